The van der Waals surface area contributed by atoms with Crippen LogP contribution in [0.1, 0.15) is 24.3 Å². The zero-order chi connectivity index (χ0) is 21.5. The van der Waals surface area contributed by atoms with Gasteiger partial charge in [-0.15, -0.1) is 0 Å². The fourth-order valence-corrected chi connectivity index (χ4v) is 4.03. The van der Waals surface area contributed by atoms with Crippen molar-refractivity contribution in [2.75, 3.05) is 5.32 Å². The van der Waals surface area contributed by atoms with Crippen molar-refractivity contribution in [1.29, 1.82) is 0 Å². The van der Waals surface area contributed by atoms with E-state index in [1.54, 1.807) is 0 Å². The molecule has 2 N–H and O–H groups in total. The summed E-state index contributed by atoms with van der Waals surface area (Å²) in [6, 6.07) is 2.83. The van der Waals surface area contributed by atoms with Crippen LogP contribution in [0.2, 0.25) is 0 Å². The Kier molecular flexibility index (Phi) is 5.93. The average Bonchev–Trinajstić information content (AvgIpc) is 2.80. The number of rotatable bonds is 5. The number of halogens is 5. The van der Waals surface area contributed by atoms with Crippen LogP contribution in [0.15, 0.2) is 34.0 Å². The lowest BCUT2D eigenvalue weighted by Gasteiger charge is -2.28. The second-order valence-electron chi connectivity index (χ2n) is 6.32. The van der Waals surface area contributed by atoms with Gasteiger partial charge < -0.3 is 9.88 Å². The summed E-state index contributed by atoms with van der Waals surface area (Å²) in [5, 5.41) is 2.35. The second-order valence-corrected chi connectivity index (χ2v) is 8.78. The van der Waals surface area contributed by atoms with E-state index in [-0.39, 0.29) is 5.69 Å². The molecule has 2 aromatic heterocycles. The molecule has 7 nitrogen and oxygen atoms in total. The lowest BCUT2D eigenvalue weighted by molar-refractivity contribution is -0.180. The molecule has 0 aliphatic rings. The molecular formula is C15H15BrF4N4O3S. The fourth-order valence-electron chi connectivity index (χ4n) is 2.14. The van der Waals surface area contributed by atoms with Gasteiger partial charge in [-0.3, -0.25) is 4.79 Å². The quantitative estimate of drug-likeness (QED) is 0.501. The third-order valence-electron chi connectivity index (χ3n) is 3.68. The maximum Gasteiger partial charge on any atom is 0.407 e. The van der Waals surface area contributed by atoms with Crippen molar-refractivity contribution >= 4 is 37.5 Å². The van der Waals surface area contributed by atoms with Crippen LogP contribution in [0.4, 0.5) is 23.2 Å². The van der Waals surface area contributed by atoms with Crippen molar-refractivity contribution in [2.24, 2.45) is 7.05 Å². The Balaban J connectivity index is 2.39. The molecule has 0 radical (unpaired) electrons. The maximum atomic E-state index is 14.7. The van der Waals surface area contributed by atoms with Gasteiger partial charge in [0.25, 0.3) is 5.91 Å². The average molecular weight is 487 g/mol. The first-order chi connectivity index (χ1) is 12.7. The molecule has 0 aromatic carbocycles. The van der Waals surface area contributed by atoms with Gasteiger partial charge >= 0.3 is 6.18 Å². The first-order valence-electron chi connectivity index (χ1n) is 7.54. The van der Waals surface area contributed by atoms with Crippen LogP contribution in [-0.2, 0) is 17.1 Å². The first-order valence-corrected chi connectivity index (χ1v) is 9.82. The number of carbonyl (C=O) groups is 1. The summed E-state index contributed by atoms with van der Waals surface area (Å²) < 4.78 is 80.9. The van der Waals surface area contributed by atoms with Gasteiger partial charge in [0.2, 0.25) is 10.0 Å². The summed E-state index contributed by atoms with van der Waals surface area (Å²) in [6.07, 6.45) is -2.83. The summed E-state index contributed by atoms with van der Waals surface area (Å²) in [7, 11) is -3.72. The van der Waals surface area contributed by atoms with Crippen LogP contribution in [0.25, 0.3) is 0 Å². The van der Waals surface area contributed by atoms with E-state index in [0.717, 1.165) is 10.8 Å². The van der Waals surface area contributed by atoms with E-state index >= 15 is 0 Å². The fraction of sp³-hybridized carbons (Fsp3) is 0.333. The molecule has 0 saturated carbocycles. The molecule has 0 unspecified atom stereocenters. The predicted octanol–water partition coefficient (Wildman–Crippen LogP) is 3.19. The Morgan fingerprint density at radius 1 is 1.29 bits per heavy atom. The lowest BCUT2D eigenvalue weighted by atomic mass is 10.1. The second kappa shape index (κ2) is 7.44. The highest BCUT2D eigenvalue weighted by atomic mass is 79.9. The Hall–Kier alpha value is -1.99. The Morgan fingerprint density at radius 3 is 2.43 bits per heavy atom. The summed E-state index contributed by atoms with van der Waals surface area (Å²) in [4.78, 5) is 15.1. The van der Waals surface area contributed by atoms with E-state index in [2.05, 4.69) is 26.2 Å². The first kappa shape index (κ1) is 22.3. The summed E-state index contributed by atoms with van der Waals surface area (Å²) in [6.45, 7) is 1.20. The molecule has 0 aliphatic heterocycles. The Labute approximate surface area is 166 Å². The van der Waals surface area contributed by atoms with Crippen LogP contribution in [-0.4, -0.2) is 35.6 Å². The highest BCUT2D eigenvalue weighted by Crippen LogP contribution is 2.32. The van der Waals surface area contributed by atoms with Crippen molar-refractivity contribution in [3.05, 3.63) is 40.6 Å². The van der Waals surface area contributed by atoms with Crippen LogP contribution < -0.4 is 10.0 Å². The number of aryl methyl sites for hydroxylation is 1. The standard InChI is InChI=1S/C15H15BrF4N4O3S/c1-14(2,15(18,19)20)23-28(26,27)9-7-24(3)12(11(9)17)13(25)22-8-4-5-21-10(16)6-8/h4-7,23H,1-3H3,(H,21,22,25). The number of nitrogens with zero attached hydrogens (tertiary/aromatic N) is 2. The number of nitrogens with one attached hydrogen (secondary N) is 2. The minimum Gasteiger partial charge on any atom is -0.343 e. The lowest BCUT2D eigenvalue weighted by Crippen LogP contribution is -2.54. The third-order valence-corrected chi connectivity index (χ3v) is 5.75. The van der Waals surface area contributed by atoms with Gasteiger partial charge in [0.15, 0.2) is 5.82 Å². The molecular weight excluding hydrogens is 472 g/mol. The summed E-state index contributed by atoms with van der Waals surface area (Å²) in [5.41, 5.74) is -3.27. The molecule has 2 rings (SSSR count). The van der Waals surface area contributed by atoms with Gasteiger partial charge in [-0.1, -0.05) is 0 Å². The van der Waals surface area contributed by atoms with Gasteiger partial charge in [-0.25, -0.2) is 17.8 Å². The van der Waals surface area contributed by atoms with Crippen LogP contribution in [0.3, 0.4) is 0 Å². The molecule has 0 spiro atoms. The van der Waals surface area contributed by atoms with Crippen molar-refractivity contribution in [1.82, 2.24) is 14.3 Å². The van der Waals surface area contributed by atoms with E-state index in [1.807, 2.05) is 0 Å². The van der Waals surface area contributed by atoms with Crippen molar-refractivity contribution < 1.29 is 30.8 Å². The molecule has 154 valence electrons. The zero-order valence-corrected chi connectivity index (χ0v) is 17.1. The number of carbonyl (C=O) groups excluding carboxylic acids is 1. The molecule has 0 aliphatic carbocycles. The van der Waals surface area contributed by atoms with Crippen LogP contribution in [0, 0.1) is 5.82 Å². The van der Waals surface area contributed by atoms with Gasteiger partial charge in [-0.05, 0) is 41.9 Å². The molecule has 0 saturated heterocycles. The molecule has 2 heterocycles. The molecule has 13 heteroatoms. The van der Waals surface area contributed by atoms with Gasteiger partial charge in [0.1, 0.15) is 20.7 Å². The minimum absolute atomic E-state index is 0.244. The number of anilines is 1. The number of aromatic nitrogens is 2. The molecule has 0 bridgehead atoms. The topological polar surface area (TPSA) is 93.1 Å². The summed E-state index contributed by atoms with van der Waals surface area (Å²) >= 11 is 3.09. The van der Waals surface area contributed by atoms with E-state index in [0.29, 0.717) is 18.5 Å². The Bertz CT molecular complexity index is 1020. The number of alkyl halides is 3. The highest BCUT2D eigenvalue weighted by molar-refractivity contribution is 9.10. The summed E-state index contributed by atoms with van der Waals surface area (Å²) in [5.74, 6) is -2.46. The predicted molar refractivity (Wildman–Crippen MR) is 95.7 cm³/mol. The number of hydrogen-bond donors (Lipinski definition) is 2. The number of pyridine rings is 1. The Morgan fingerprint density at radius 2 is 1.89 bits per heavy atom. The molecule has 0 atom stereocenters. The van der Waals surface area contributed by atoms with Crippen LogP contribution in [0.5, 0.6) is 0 Å². The van der Waals surface area contributed by atoms with E-state index in [9.17, 15) is 30.8 Å². The third kappa shape index (κ3) is 4.52. The number of amides is 1. The van der Waals surface area contributed by atoms with E-state index < -0.39 is 44.1 Å². The molecule has 28 heavy (non-hydrogen) atoms. The normalized spacial score (nSPS) is 12.9. The van der Waals surface area contributed by atoms with Crippen LogP contribution >= 0.6 is 15.9 Å². The largest absolute Gasteiger partial charge is 0.407 e. The minimum atomic E-state index is -4.92. The molecule has 2 aromatic rings. The van der Waals surface area contributed by atoms with Crippen molar-refractivity contribution in [3.8, 4) is 0 Å². The number of sulfonamides is 1. The monoisotopic (exact) mass is 486 g/mol. The smallest absolute Gasteiger partial charge is 0.343 e. The van der Waals surface area contributed by atoms with Gasteiger partial charge in [-0.2, -0.15) is 17.9 Å². The molecule has 0 fully saturated rings. The molecule has 1 amide bonds. The SMILES string of the molecule is Cn1cc(S(=O)(=O)NC(C)(C)C(F)(F)F)c(F)c1C(=O)Nc1ccnc(Br)c1. The van der Waals surface area contributed by atoms with Crippen molar-refractivity contribution in [2.45, 2.75) is 30.5 Å². The van der Waals surface area contributed by atoms with Crippen molar-refractivity contribution in [3.63, 3.8) is 0 Å². The maximum absolute atomic E-state index is 14.7. The van der Waals surface area contributed by atoms with Gasteiger partial charge in [0.05, 0.1) is 0 Å². The zero-order valence-electron chi connectivity index (χ0n) is 14.7. The highest BCUT2D eigenvalue weighted by Gasteiger charge is 2.50. The number of hydrogen-bond acceptors (Lipinski definition) is 4. The van der Waals surface area contributed by atoms with Gasteiger partial charge in [0, 0.05) is 25.1 Å². The van der Waals surface area contributed by atoms with E-state index in [4.69, 9.17) is 0 Å². The van der Waals surface area contributed by atoms with E-state index in [1.165, 1.54) is 30.1 Å².